The number of hydrogen-bond acceptors (Lipinski definition) is 4. The Hall–Kier alpha value is 2.59. The predicted molar refractivity (Wildman–Crippen MR) is 478 cm³/mol. The molecule has 1 atom stereocenters. The average molecular weight is 1520 g/mol. The van der Waals surface area contributed by atoms with Gasteiger partial charge in [0.15, 0.2) is 58.2 Å². The van der Waals surface area contributed by atoms with Gasteiger partial charge in [-0.25, -0.2) is 0 Å². The summed E-state index contributed by atoms with van der Waals surface area (Å²) in [6.45, 7) is 48.8. The van der Waals surface area contributed by atoms with Crippen LogP contribution in [0.15, 0.2) is 0 Å². The van der Waals surface area contributed by atoms with Crippen LogP contribution in [0.3, 0.4) is 0 Å². The maximum absolute atomic E-state index is 7.17. The van der Waals surface area contributed by atoms with Crippen molar-refractivity contribution in [3.05, 3.63) is 29.7 Å². The Bertz CT molecular complexity index is 2430. The maximum atomic E-state index is 7.17. The Balaban J connectivity index is -0.000000306. The van der Waals surface area contributed by atoms with E-state index in [9.17, 15) is 0 Å². The van der Waals surface area contributed by atoms with Crippen LogP contribution in [0, 0.1) is 76.3 Å². The van der Waals surface area contributed by atoms with Crippen LogP contribution in [0.2, 0.25) is 188 Å². The summed E-state index contributed by atoms with van der Waals surface area (Å²) in [7, 11) is 56.5. The molecule has 24 radical (unpaired) electrons. The van der Waals surface area contributed by atoms with Gasteiger partial charge in [0.05, 0.1) is 13.7 Å². The first-order chi connectivity index (χ1) is 40.8. The van der Waals surface area contributed by atoms with Crippen LogP contribution in [0.5, 0.6) is 0 Å². The molecule has 4 fully saturated rings. The standard InChI is InChI=1S/C20H38B10O2Si4.C16H38B10O2Si4.C12H18Si.C8H18Si.4CH3.2Fe/c1-10-11-14-17-33(2,3)31-34(4,5)18-26-29(24)20(28(22)23,30(25)27-21)36(8,9)32-35(6,7)19-15-12-13-16-19;1-29(2,3)27-30(4,5)14-23(17)26(22)16(24(18)19,25(20)21)32(8,9)28-31(6,7)15-12-10-11-13-15;1-4-5-8-11-13(2,3)12-9-6-7-10-12;1-9(2,3)8-6-4-5-7-8;;;;;;/h19H,12-13,15-16,18H2,1-9H3;15H,10-14H2,1-9H3;12H,6-7,9-10H2,1-3H3;8H,4-7H2,1-3H3;4*1H3;;/q;;;;4*-1;2*+2. The fourth-order valence-electron chi connectivity index (χ4n) is 16.1. The molecule has 0 amide bonds. The third kappa shape index (κ3) is 33.8. The summed E-state index contributed by atoms with van der Waals surface area (Å²) in [5, 5.41) is 0. The molecule has 4 aliphatic carbocycles. The van der Waals surface area contributed by atoms with E-state index < -0.39 is 131 Å². The van der Waals surface area contributed by atoms with Crippen molar-refractivity contribution < 1.29 is 50.6 Å². The zero-order valence-corrected chi connectivity index (χ0v) is 79.1. The van der Waals surface area contributed by atoms with Crippen LogP contribution >= 0.6 is 0 Å². The van der Waals surface area contributed by atoms with Crippen LogP contribution < -0.4 is 0 Å². The van der Waals surface area contributed by atoms with Crippen molar-refractivity contribution in [1.29, 1.82) is 0 Å². The van der Waals surface area contributed by atoms with Crippen LogP contribution in [-0.2, 0) is 50.6 Å². The summed E-state index contributed by atoms with van der Waals surface area (Å²) < 4.78 is 25.5. The zero-order valence-electron chi connectivity index (χ0n) is 66.9. The minimum atomic E-state index is -2.72. The average Bonchev–Trinajstić information content (AvgIpc) is 0.800. The molecule has 4 saturated carbocycles. The molecule has 0 N–H and O–H groups in total. The molecule has 0 aromatic carbocycles. The quantitative estimate of drug-likeness (QED) is 0.0467. The summed E-state index contributed by atoms with van der Waals surface area (Å²) in [6.07, 6.45) is 21.7. The van der Waals surface area contributed by atoms with E-state index in [2.05, 4.69) is 198 Å². The molecule has 4 aliphatic rings. The normalized spacial score (nSPS) is 16.3. The molecule has 0 aromatic heterocycles. The van der Waals surface area contributed by atoms with Gasteiger partial charge in [0.1, 0.15) is 8.07 Å². The molecule has 0 heterocycles. The summed E-state index contributed by atoms with van der Waals surface area (Å²) in [5.41, 5.74) is 9.99. The Morgan fingerprint density at radius 1 is 0.417 bits per heavy atom. The molecule has 0 aromatic rings. The summed E-state index contributed by atoms with van der Waals surface area (Å²) in [4.78, 5) is 0. The first-order valence-electron chi connectivity index (χ1n) is 34.5. The van der Waals surface area contributed by atoms with E-state index in [1.807, 2.05) is 6.92 Å². The smallest absolute Gasteiger partial charge is 0.457 e. The molecule has 1 unspecified atom stereocenters. The van der Waals surface area contributed by atoms with Gasteiger partial charge >= 0.3 is 34.1 Å². The van der Waals surface area contributed by atoms with Crippen molar-refractivity contribution in [1.82, 2.24) is 0 Å². The molecule has 36 heteroatoms. The topological polar surface area (TPSA) is 36.9 Å². The van der Waals surface area contributed by atoms with E-state index in [0.29, 0.717) is 23.0 Å². The minimum Gasteiger partial charge on any atom is -0.457 e. The second-order valence-electron chi connectivity index (χ2n) is 33.6. The van der Waals surface area contributed by atoms with Crippen LogP contribution in [0.25, 0.3) is 0 Å². The van der Waals surface area contributed by atoms with Gasteiger partial charge in [0.2, 0.25) is 0 Å². The summed E-state index contributed by atoms with van der Waals surface area (Å²) >= 11 is 0. The van der Waals surface area contributed by atoms with Gasteiger partial charge in [-0.1, -0.05) is 165 Å². The van der Waals surface area contributed by atoms with Gasteiger partial charge in [0, 0.05) is 139 Å². The third-order valence-corrected chi connectivity index (χ3v) is 58.8. The summed E-state index contributed by atoms with van der Waals surface area (Å²) in [6, 6.07) is 0. The fourth-order valence-corrected chi connectivity index (χ4v) is 58.4. The van der Waals surface area contributed by atoms with E-state index in [1.165, 1.54) is 110 Å². The van der Waals surface area contributed by atoms with Gasteiger partial charge in [0.25, 0.3) is 8.32 Å². The minimum absolute atomic E-state index is 0. The predicted octanol–water partition coefficient (Wildman–Crippen LogP) is 12.9. The molecule has 4 rings (SSSR count). The number of hydrogen-bond donors (Lipinski definition) is 0. The zero-order chi connectivity index (χ0) is 70.0. The molecule has 0 spiro atoms. The van der Waals surface area contributed by atoms with Gasteiger partial charge in [-0.05, 0) is 171 Å². The molecule has 0 bridgehead atoms. The Morgan fingerprint density at radius 3 is 1.06 bits per heavy atom. The summed E-state index contributed by atoms with van der Waals surface area (Å²) in [5.74, 6) is 18.6. The first kappa shape index (κ1) is 110. The van der Waals surface area contributed by atoms with Gasteiger partial charge in [-0.2, -0.15) is 0 Å². The number of rotatable bonds is 27. The maximum Gasteiger partial charge on any atom is 2.00 e. The van der Waals surface area contributed by atoms with Crippen molar-refractivity contribution >= 4 is 227 Å². The second-order valence-corrected chi connectivity index (χ2v) is 78.1. The fraction of sp³-hybridized carbons (Fsp3) is 0.800. The molecular formula is C60H124B20Fe2O4Si10. The van der Waals surface area contributed by atoms with E-state index in [1.54, 1.807) is 6.92 Å². The van der Waals surface area contributed by atoms with Crippen molar-refractivity contribution in [2.45, 2.75) is 304 Å². The van der Waals surface area contributed by atoms with Gasteiger partial charge in [-0.15, -0.1) is 15.0 Å². The van der Waals surface area contributed by atoms with Crippen molar-refractivity contribution in [2.24, 2.45) is 0 Å². The van der Waals surface area contributed by atoms with Crippen LogP contribution in [0.4, 0.5) is 0 Å². The van der Waals surface area contributed by atoms with E-state index in [-0.39, 0.29) is 70.3 Å². The van der Waals surface area contributed by atoms with E-state index in [0.717, 1.165) is 11.1 Å². The third-order valence-electron chi connectivity index (χ3n) is 20.6. The van der Waals surface area contributed by atoms with E-state index in [4.69, 9.17) is 102 Å². The second kappa shape index (κ2) is 46.7. The van der Waals surface area contributed by atoms with Gasteiger partial charge < -0.3 is 46.2 Å². The monoisotopic (exact) mass is 1520 g/mol. The van der Waals surface area contributed by atoms with Crippen LogP contribution in [-0.4, -0.2) is 227 Å². The first-order valence-corrected chi connectivity index (χ1v) is 65.5. The molecule has 504 valence electrons. The van der Waals surface area contributed by atoms with Crippen molar-refractivity contribution in [3.63, 3.8) is 0 Å². The van der Waals surface area contributed by atoms with Gasteiger partial charge in [-0.3, -0.25) is 0 Å². The molecule has 0 aliphatic heterocycles. The molecule has 4 nitrogen and oxygen atoms in total. The largest absolute Gasteiger partial charge is 2.00 e. The Kier molecular flexibility index (Phi) is 53.3. The molecule has 0 saturated heterocycles. The Labute approximate surface area is 652 Å². The van der Waals surface area contributed by atoms with Crippen LogP contribution in [0.1, 0.15) is 117 Å². The molecular weight excluding hydrogens is 1390 g/mol. The van der Waals surface area contributed by atoms with Crippen molar-refractivity contribution in [3.8, 4) is 46.6 Å². The SMILES string of the molecule is CC#CC#C[Si](C)(C)C1CCCC1.C[Si](C)(C)C1CCCC1.[B]B(C[Si](C)(C)O[Si](C)(C)C)B([B])C(B([B])[B])(B([B])[B])[Si](C)(C)O[Si](C)(C)C1CCCC1.[B][B]B([B])C(B([B])[B])(B([B])[B]C[Si](C)(C)O[Si](C)(C)C#CC#CC)[Si](C)(C)O[Si](C)(C)C1CCCC1.[CH3-].[CH3-].[CH3-].[CH3-].[Fe+2].[Fe+2]. The van der Waals surface area contributed by atoms with Crippen molar-refractivity contribution in [2.75, 3.05) is 0 Å². The van der Waals surface area contributed by atoms with E-state index >= 15 is 0 Å². The molecule has 96 heavy (non-hydrogen) atoms. The Morgan fingerprint density at radius 2 is 0.750 bits per heavy atom.